The van der Waals surface area contributed by atoms with Gasteiger partial charge in [-0.05, 0) is 62.3 Å². The monoisotopic (exact) mass is 392 g/mol. The van der Waals surface area contributed by atoms with Gasteiger partial charge in [0.25, 0.3) is 5.91 Å². The van der Waals surface area contributed by atoms with Gasteiger partial charge in [0.05, 0.1) is 12.2 Å². The Labute approximate surface area is 170 Å². The van der Waals surface area contributed by atoms with E-state index in [-0.39, 0.29) is 5.91 Å². The molecule has 0 saturated heterocycles. The molecule has 1 fully saturated rings. The Morgan fingerprint density at radius 1 is 1.17 bits per heavy atom. The quantitative estimate of drug-likeness (QED) is 0.695. The zero-order valence-corrected chi connectivity index (χ0v) is 17.0. The molecule has 2 aliphatic rings. The van der Waals surface area contributed by atoms with E-state index in [2.05, 4.69) is 15.2 Å². The normalized spacial score (nSPS) is 17.4. The highest BCUT2D eigenvalue weighted by Crippen LogP contribution is 2.34. The molecule has 2 aromatic heterocycles. The molecule has 5 rings (SSSR count). The number of carbonyl (C=O) groups is 1. The molecule has 29 heavy (non-hydrogen) atoms. The SMILES string of the molecule is CN(Cc1n[nH]c2c1CCCC2)C(=O)c1ccc2nc(C3CCCCC3)oc2c1. The number of H-pyrrole nitrogens is 1. The van der Waals surface area contributed by atoms with E-state index >= 15 is 0 Å². The highest BCUT2D eigenvalue weighted by atomic mass is 16.3. The first-order valence-electron chi connectivity index (χ1n) is 10.9. The summed E-state index contributed by atoms with van der Waals surface area (Å²) in [7, 11) is 1.84. The molecular formula is C23H28N4O2. The number of hydrogen-bond acceptors (Lipinski definition) is 4. The summed E-state index contributed by atoms with van der Waals surface area (Å²) in [6, 6.07) is 5.60. The topological polar surface area (TPSA) is 75.0 Å². The number of benzene rings is 1. The number of carbonyl (C=O) groups excluding carboxylic acids is 1. The Morgan fingerprint density at radius 2 is 2.00 bits per heavy atom. The Balaban J connectivity index is 1.34. The molecular weight excluding hydrogens is 364 g/mol. The van der Waals surface area contributed by atoms with E-state index < -0.39 is 0 Å². The first kappa shape index (κ1) is 18.4. The molecule has 2 aliphatic carbocycles. The van der Waals surface area contributed by atoms with Gasteiger partial charge in [0, 0.05) is 24.2 Å². The van der Waals surface area contributed by atoms with Crippen molar-refractivity contribution in [3.05, 3.63) is 46.6 Å². The van der Waals surface area contributed by atoms with E-state index in [1.165, 1.54) is 43.4 Å². The van der Waals surface area contributed by atoms with Crippen LogP contribution in [0.2, 0.25) is 0 Å². The van der Waals surface area contributed by atoms with Crippen molar-refractivity contribution in [1.82, 2.24) is 20.1 Å². The van der Waals surface area contributed by atoms with Gasteiger partial charge in [-0.25, -0.2) is 4.98 Å². The summed E-state index contributed by atoms with van der Waals surface area (Å²) >= 11 is 0. The Kier molecular flexibility index (Phi) is 4.86. The highest BCUT2D eigenvalue weighted by Gasteiger charge is 2.23. The van der Waals surface area contributed by atoms with Gasteiger partial charge < -0.3 is 9.32 Å². The molecule has 1 aromatic carbocycles. The van der Waals surface area contributed by atoms with Gasteiger partial charge in [0.1, 0.15) is 5.52 Å². The minimum absolute atomic E-state index is 0.0184. The molecule has 2 heterocycles. The van der Waals surface area contributed by atoms with Gasteiger partial charge in [-0.2, -0.15) is 5.10 Å². The summed E-state index contributed by atoms with van der Waals surface area (Å²) in [5.41, 5.74) is 5.73. The van der Waals surface area contributed by atoms with Crippen LogP contribution < -0.4 is 0 Å². The number of aromatic amines is 1. The zero-order chi connectivity index (χ0) is 19.8. The number of amides is 1. The second kappa shape index (κ2) is 7.65. The first-order chi connectivity index (χ1) is 14.2. The van der Waals surface area contributed by atoms with Crippen LogP contribution in [0.4, 0.5) is 0 Å². The van der Waals surface area contributed by atoms with Crippen LogP contribution in [0.3, 0.4) is 0 Å². The van der Waals surface area contributed by atoms with Crippen LogP contribution in [-0.2, 0) is 19.4 Å². The molecule has 6 nitrogen and oxygen atoms in total. The summed E-state index contributed by atoms with van der Waals surface area (Å²) in [6.45, 7) is 0.520. The van der Waals surface area contributed by atoms with Crippen LogP contribution in [0, 0.1) is 0 Å². The maximum atomic E-state index is 13.0. The van der Waals surface area contributed by atoms with Crippen LogP contribution in [-0.4, -0.2) is 33.0 Å². The third-order valence-corrected chi connectivity index (χ3v) is 6.48. The fraction of sp³-hybridized carbons (Fsp3) is 0.522. The highest BCUT2D eigenvalue weighted by molar-refractivity contribution is 5.96. The molecule has 6 heteroatoms. The first-order valence-corrected chi connectivity index (χ1v) is 10.9. The van der Waals surface area contributed by atoms with E-state index in [1.807, 2.05) is 25.2 Å². The molecule has 1 saturated carbocycles. The number of oxazole rings is 1. The smallest absolute Gasteiger partial charge is 0.254 e. The number of nitrogens with zero attached hydrogens (tertiary/aromatic N) is 3. The van der Waals surface area contributed by atoms with Crippen LogP contribution in [0.15, 0.2) is 22.6 Å². The van der Waals surface area contributed by atoms with Gasteiger partial charge in [0.15, 0.2) is 11.5 Å². The lowest BCUT2D eigenvalue weighted by Crippen LogP contribution is -2.27. The predicted octanol–water partition coefficient (Wildman–Crippen LogP) is 4.75. The average molecular weight is 393 g/mol. The second-order valence-corrected chi connectivity index (χ2v) is 8.57. The molecule has 0 unspecified atom stereocenters. The van der Waals surface area contributed by atoms with Crippen molar-refractivity contribution in [3.8, 4) is 0 Å². The fourth-order valence-corrected chi connectivity index (χ4v) is 4.80. The van der Waals surface area contributed by atoms with Crippen molar-refractivity contribution in [2.45, 2.75) is 70.3 Å². The summed E-state index contributed by atoms with van der Waals surface area (Å²) in [5, 5.41) is 7.63. The third kappa shape index (κ3) is 3.56. The molecule has 1 amide bonds. The van der Waals surface area contributed by atoms with E-state index in [1.54, 1.807) is 4.90 Å². The van der Waals surface area contributed by atoms with Gasteiger partial charge in [-0.15, -0.1) is 0 Å². The maximum absolute atomic E-state index is 13.0. The minimum atomic E-state index is -0.0184. The van der Waals surface area contributed by atoms with E-state index in [0.29, 0.717) is 23.6 Å². The maximum Gasteiger partial charge on any atom is 0.254 e. The Morgan fingerprint density at radius 3 is 2.86 bits per heavy atom. The number of rotatable bonds is 4. The van der Waals surface area contributed by atoms with Crippen molar-refractivity contribution in [3.63, 3.8) is 0 Å². The third-order valence-electron chi connectivity index (χ3n) is 6.48. The minimum Gasteiger partial charge on any atom is -0.440 e. The number of hydrogen-bond donors (Lipinski definition) is 1. The summed E-state index contributed by atoms with van der Waals surface area (Å²) in [5.74, 6) is 1.24. The summed E-state index contributed by atoms with van der Waals surface area (Å²) in [4.78, 5) is 19.4. The molecule has 0 radical (unpaired) electrons. The van der Waals surface area contributed by atoms with Crippen LogP contribution >= 0.6 is 0 Å². The van der Waals surface area contributed by atoms with Gasteiger partial charge >= 0.3 is 0 Å². The number of aryl methyl sites for hydroxylation is 1. The Bertz CT molecular complexity index is 1030. The van der Waals surface area contributed by atoms with Crippen molar-refractivity contribution >= 4 is 17.0 Å². The fourth-order valence-electron chi connectivity index (χ4n) is 4.80. The number of aromatic nitrogens is 3. The second-order valence-electron chi connectivity index (χ2n) is 8.57. The summed E-state index contributed by atoms with van der Waals surface area (Å²) in [6.07, 6.45) is 10.6. The summed E-state index contributed by atoms with van der Waals surface area (Å²) < 4.78 is 6.06. The lowest BCUT2D eigenvalue weighted by Gasteiger charge is -2.18. The van der Waals surface area contributed by atoms with Gasteiger partial charge in [0.2, 0.25) is 0 Å². The number of nitrogens with one attached hydrogen (secondary N) is 1. The molecule has 0 spiro atoms. The van der Waals surface area contributed by atoms with Gasteiger partial charge in [-0.3, -0.25) is 9.89 Å². The molecule has 152 valence electrons. The molecule has 0 atom stereocenters. The molecule has 3 aromatic rings. The van der Waals surface area contributed by atoms with Crippen LogP contribution in [0.1, 0.15) is 84.1 Å². The lowest BCUT2D eigenvalue weighted by molar-refractivity contribution is 0.0783. The molecule has 1 N–H and O–H groups in total. The largest absolute Gasteiger partial charge is 0.440 e. The van der Waals surface area contributed by atoms with E-state index in [9.17, 15) is 4.79 Å². The standard InChI is InChI=1S/C23H28N4O2/c1-27(14-20-17-9-5-6-10-18(17)25-26-20)23(28)16-11-12-19-21(13-16)29-22(24-19)15-7-3-2-4-8-15/h11-13,15H,2-10,14H2,1H3,(H,25,26). The molecule has 0 aliphatic heterocycles. The van der Waals surface area contributed by atoms with Crippen LogP contribution in [0.5, 0.6) is 0 Å². The predicted molar refractivity (Wildman–Crippen MR) is 111 cm³/mol. The number of fused-ring (bicyclic) bond motifs is 2. The van der Waals surface area contributed by atoms with Crippen molar-refractivity contribution in [2.75, 3.05) is 7.05 Å². The Hall–Kier alpha value is -2.63. The van der Waals surface area contributed by atoms with Crippen LogP contribution in [0.25, 0.3) is 11.1 Å². The molecule has 0 bridgehead atoms. The average Bonchev–Trinajstić information content (AvgIpc) is 3.37. The van der Waals surface area contributed by atoms with Crippen molar-refractivity contribution in [2.24, 2.45) is 0 Å². The zero-order valence-electron chi connectivity index (χ0n) is 17.0. The van der Waals surface area contributed by atoms with Crippen molar-refractivity contribution in [1.29, 1.82) is 0 Å². The van der Waals surface area contributed by atoms with E-state index in [4.69, 9.17) is 4.42 Å². The van der Waals surface area contributed by atoms with E-state index in [0.717, 1.165) is 42.8 Å². The lowest BCUT2D eigenvalue weighted by atomic mass is 9.89. The van der Waals surface area contributed by atoms with Crippen molar-refractivity contribution < 1.29 is 9.21 Å². The van der Waals surface area contributed by atoms with Gasteiger partial charge in [-0.1, -0.05) is 19.3 Å².